The van der Waals surface area contributed by atoms with Gasteiger partial charge in [-0.25, -0.2) is 9.79 Å². The van der Waals surface area contributed by atoms with Gasteiger partial charge in [-0.05, 0) is 12.5 Å². The minimum Gasteiger partial charge on any atom is -0.211 e. The molecule has 0 N–H and O–H groups in total. The standard InChI is InChI=1S/C37H73Cl2NOSi/c38-42(39)36-34-32-30-28-26-24-22-20-18-16-14-12-10-8-6-4-2-1-3-5-7-9-11-13-15-17-19-21-23-25-27-29-31-33-35-40-37-41/h42H,1-36H2. The van der Waals surface area contributed by atoms with Gasteiger partial charge in [0.2, 0.25) is 13.5 Å². The molecule has 0 aromatic heterocycles. The predicted octanol–water partition coefficient (Wildman–Crippen LogP) is 14.3. The van der Waals surface area contributed by atoms with Crippen molar-refractivity contribution in [3.05, 3.63) is 0 Å². The Morgan fingerprint density at radius 2 is 0.524 bits per heavy atom. The number of unbranched alkanes of at least 4 members (excludes halogenated alkanes) is 33. The van der Waals surface area contributed by atoms with Crippen molar-refractivity contribution >= 4 is 35.7 Å². The third kappa shape index (κ3) is 40.2. The molecule has 0 aromatic carbocycles. The van der Waals surface area contributed by atoms with Gasteiger partial charge < -0.3 is 0 Å². The molecule has 0 aliphatic rings. The number of hydrogen-bond acceptors (Lipinski definition) is 2. The van der Waals surface area contributed by atoms with Gasteiger partial charge in [-0.2, -0.15) is 22.2 Å². The minimum atomic E-state index is -1.34. The first-order valence-corrected chi connectivity index (χ1v) is 23.4. The normalized spacial score (nSPS) is 11.4. The van der Waals surface area contributed by atoms with Crippen LogP contribution in [0.15, 0.2) is 4.99 Å². The maximum Gasteiger partial charge on any atom is 0.237 e. The van der Waals surface area contributed by atoms with Crippen molar-refractivity contribution in [1.82, 2.24) is 0 Å². The lowest BCUT2D eigenvalue weighted by atomic mass is 10.0. The lowest BCUT2D eigenvalue weighted by molar-refractivity contribution is 0.511. The van der Waals surface area contributed by atoms with Crippen molar-refractivity contribution in [3.63, 3.8) is 0 Å². The molecule has 0 heterocycles. The van der Waals surface area contributed by atoms with Crippen molar-refractivity contribution in [2.75, 3.05) is 6.54 Å². The number of isocyanates is 1. The third-order valence-corrected chi connectivity index (χ3v) is 11.2. The maximum atomic E-state index is 10.00. The fourth-order valence-electron chi connectivity index (χ4n) is 6.19. The SMILES string of the molecule is O=C=NCCCCCCCCCCCCCCCCCCCCCCCCCCCCCCCCCCCC[SiH](Cl)Cl. The Labute approximate surface area is 275 Å². The molecule has 0 atom stereocenters. The van der Waals surface area contributed by atoms with E-state index < -0.39 is 7.42 Å². The summed E-state index contributed by atoms with van der Waals surface area (Å²) >= 11 is 11.8. The summed E-state index contributed by atoms with van der Waals surface area (Å²) < 4.78 is 0. The summed E-state index contributed by atoms with van der Waals surface area (Å²) in [5.74, 6) is 0. The van der Waals surface area contributed by atoms with Gasteiger partial charge in [0.1, 0.15) is 0 Å². The second-order valence-electron chi connectivity index (χ2n) is 13.2. The van der Waals surface area contributed by atoms with Crippen molar-refractivity contribution < 1.29 is 4.79 Å². The number of rotatable bonds is 37. The Hall–Kier alpha value is 0.177. The predicted molar refractivity (Wildman–Crippen MR) is 194 cm³/mol. The molecule has 0 saturated carbocycles. The molecule has 0 spiro atoms. The highest BCUT2D eigenvalue weighted by molar-refractivity contribution is 7.33. The molecule has 0 aromatic rings. The van der Waals surface area contributed by atoms with Crippen LogP contribution in [0.3, 0.4) is 0 Å². The Balaban J connectivity index is 3.04. The molecule has 0 rings (SSSR count). The highest BCUT2D eigenvalue weighted by Crippen LogP contribution is 2.17. The average Bonchev–Trinajstić information content (AvgIpc) is 2.98. The highest BCUT2D eigenvalue weighted by Gasteiger charge is 2.01. The molecule has 2 nitrogen and oxygen atoms in total. The zero-order valence-electron chi connectivity index (χ0n) is 28.1. The summed E-state index contributed by atoms with van der Waals surface area (Å²) in [5, 5.41) is 0. The van der Waals surface area contributed by atoms with E-state index in [1.807, 2.05) is 0 Å². The van der Waals surface area contributed by atoms with Gasteiger partial charge in [0, 0.05) is 0 Å². The zero-order valence-corrected chi connectivity index (χ0v) is 30.8. The van der Waals surface area contributed by atoms with Crippen LogP contribution in [0.4, 0.5) is 0 Å². The van der Waals surface area contributed by atoms with Crippen LogP contribution in [0.5, 0.6) is 0 Å². The first kappa shape index (κ1) is 42.2. The third-order valence-electron chi connectivity index (χ3n) is 9.01. The minimum absolute atomic E-state index is 0.667. The number of hydrogen-bond donors (Lipinski definition) is 0. The fraction of sp³-hybridized carbons (Fsp3) is 0.973. The molecule has 0 radical (unpaired) electrons. The van der Waals surface area contributed by atoms with Crippen LogP contribution in [-0.4, -0.2) is 20.0 Å². The quantitative estimate of drug-likeness (QED) is 0.0217. The van der Waals surface area contributed by atoms with Gasteiger partial charge in [-0.1, -0.05) is 212 Å². The number of aliphatic imine (C=N–C) groups is 1. The first-order valence-electron chi connectivity index (χ1n) is 19.1. The number of carbonyl (C=O) groups excluding carboxylic acids is 1. The van der Waals surface area contributed by atoms with Gasteiger partial charge in [-0.3, -0.25) is 0 Å². The number of halogens is 2. The van der Waals surface area contributed by atoms with Crippen molar-refractivity contribution in [3.8, 4) is 0 Å². The van der Waals surface area contributed by atoms with Crippen LogP contribution in [0, 0.1) is 0 Å². The van der Waals surface area contributed by atoms with Crippen LogP contribution in [-0.2, 0) is 4.79 Å². The Morgan fingerprint density at radius 1 is 0.333 bits per heavy atom. The molecule has 0 amide bonds. The monoisotopic (exact) mass is 645 g/mol. The molecule has 250 valence electrons. The maximum absolute atomic E-state index is 10.00. The van der Waals surface area contributed by atoms with Crippen molar-refractivity contribution in [1.29, 1.82) is 0 Å². The van der Waals surface area contributed by atoms with E-state index in [2.05, 4.69) is 4.99 Å². The zero-order chi connectivity index (χ0) is 30.4. The Morgan fingerprint density at radius 3 is 0.714 bits per heavy atom. The summed E-state index contributed by atoms with van der Waals surface area (Å²) in [6.45, 7) is 0.667. The summed E-state index contributed by atoms with van der Waals surface area (Å²) in [4.78, 5) is 13.6. The molecule has 0 bridgehead atoms. The van der Waals surface area contributed by atoms with Crippen LogP contribution in [0.25, 0.3) is 0 Å². The van der Waals surface area contributed by atoms with Crippen LogP contribution >= 0.6 is 22.2 Å². The topological polar surface area (TPSA) is 29.4 Å². The smallest absolute Gasteiger partial charge is 0.211 e. The van der Waals surface area contributed by atoms with Crippen LogP contribution < -0.4 is 0 Å². The summed E-state index contributed by atoms with van der Waals surface area (Å²) in [5.41, 5.74) is 0. The molecule has 5 heteroatoms. The van der Waals surface area contributed by atoms with E-state index in [0.29, 0.717) is 6.54 Å². The van der Waals surface area contributed by atoms with E-state index >= 15 is 0 Å². The fourth-order valence-corrected chi connectivity index (χ4v) is 7.72. The molecule has 0 fully saturated rings. The Bertz CT molecular complexity index is 542. The molecule has 0 saturated heterocycles. The van der Waals surface area contributed by atoms with Gasteiger partial charge in [0.15, 0.2) is 0 Å². The van der Waals surface area contributed by atoms with E-state index in [-0.39, 0.29) is 0 Å². The molecule has 42 heavy (non-hydrogen) atoms. The van der Waals surface area contributed by atoms with E-state index in [1.54, 1.807) is 6.08 Å². The molecular weight excluding hydrogens is 573 g/mol. The van der Waals surface area contributed by atoms with Gasteiger partial charge >= 0.3 is 0 Å². The first-order chi connectivity index (χ1) is 20.8. The van der Waals surface area contributed by atoms with Crippen molar-refractivity contribution in [2.45, 2.75) is 224 Å². The lowest BCUT2D eigenvalue weighted by Crippen LogP contribution is -1.91. The van der Waals surface area contributed by atoms with E-state index in [1.165, 1.54) is 212 Å². The molecule has 0 aliphatic carbocycles. The molecule has 0 unspecified atom stereocenters. The second kappa shape index (κ2) is 39.2. The van der Waals surface area contributed by atoms with Crippen molar-refractivity contribution in [2.24, 2.45) is 4.99 Å². The van der Waals surface area contributed by atoms with Gasteiger partial charge in [0.05, 0.1) is 6.54 Å². The van der Waals surface area contributed by atoms with Crippen LogP contribution in [0.2, 0.25) is 6.04 Å². The highest BCUT2D eigenvalue weighted by atomic mass is 35.7. The average molecular weight is 647 g/mol. The molecule has 0 aliphatic heterocycles. The van der Waals surface area contributed by atoms with Gasteiger partial charge in [-0.15, -0.1) is 0 Å². The second-order valence-corrected chi connectivity index (χ2v) is 18.4. The largest absolute Gasteiger partial charge is 0.237 e. The molecular formula is C37H73Cl2NOSi. The van der Waals surface area contributed by atoms with Gasteiger partial charge in [0.25, 0.3) is 0 Å². The van der Waals surface area contributed by atoms with E-state index in [0.717, 1.165) is 12.5 Å². The van der Waals surface area contributed by atoms with E-state index in [9.17, 15) is 4.79 Å². The van der Waals surface area contributed by atoms with Crippen LogP contribution in [0.1, 0.15) is 218 Å². The number of nitrogens with zero attached hydrogens (tertiary/aromatic N) is 1. The summed E-state index contributed by atoms with van der Waals surface area (Å²) in [6, 6.07) is 1.09. The summed E-state index contributed by atoms with van der Waals surface area (Å²) in [7, 11) is -1.34. The Kier molecular flexibility index (Phi) is 39.4. The summed E-state index contributed by atoms with van der Waals surface area (Å²) in [6.07, 6.45) is 49.7. The van der Waals surface area contributed by atoms with E-state index in [4.69, 9.17) is 22.2 Å². The lowest BCUT2D eigenvalue weighted by Gasteiger charge is -2.05.